The SMILES string of the molecule is C[C@@H](N)C(=O)N1CCN(CCCOc2ccc(-c3noc(CC4CCCC4)n3)c(F)c2)CC1. The monoisotopic (exact) mass is 459 g/mol. The molecular formula is C24H34FN5O3. The Hall–Kier alpha value is -2.52. The summed E-state index contributed by atoms with van der Waals surface area (Å²) in [5.74, 6) is 1.54. The number of piperazine rings is 1. The second-order valence-corrected chi connectivity index (χ2v) is 9.17. The Morgan fingerprint density at radius 2 is 2.03 bits per heavy atom. The molecule has 1 saturated heterocycles. The summed E-state index contributed by atoms with van der Waals surface area (Å²) in [4.78, 5) is 20.5. The van der Waals surface area contributed by atoms with E-state index in [1.54, 1.807) is 19.1 Å². The van der Waals surface area contributed by atoms with Gasteiger partial charge in [-0.1, -0.05) is 18.0 Å². The normalized spacial score (nSPS) is 18.6. The van der Waals surface area contributed by atoms with Gasteiger partial charge in [-0.3, -0.25) is 9.69 Å². The van der Waals surface area contributed by atoms with Crippen molar-refractivity contribution < 1.29 is 18.4 Å². The van der Waals surface area contributed by atoms with Gasteiger partial charge >= 0.3 is 0 Å². The van der Waals surface area contributed by atoms with Crippen molar-refractivity contribution in [3.63, 3.8) is 0 Å². The minimum atomic E-state index is -0.448. The molecule has 1 atom stereocenters. The summed E-state index contributed by atoms with van der Waals surface area (Å²) in [6, 6.07) is 4.31. The van der Waals surface area contributed by atoms with Gasteiger partial charge in [-0.05, 0) is 44.2 Å². The van der Waals surface area contributed by atoms with Crippen LogP contribution in [0.3, 0.4) is 0 Å². The summed E-state index contributed by atoms with van der Waals surface area (Å²) >= 11 is 0. The minimum Gasteiger partial charge on any atom is -0.493 e. The molecule has 33 heavy (non-hydrogen) atoms. The molecule has 0 unspecified atom stereocenters. The molecule has 4 rings (SSSR count). The van der Waals surface area contributed by atoms with Gasteiger partial charge < -0.3 is 19.9 Å². The zero-order valence-electron chi connectivity index (χ0n) is 19.3. The first-order chi connectivity index (χ1) is 16.0. The van der Waals surface area contributed by atoms with E-state index in [0.29, 0.717) is 42.8 Å². The molecule has 2 fully saturated rings. The Labute approximate surface area is 194 Å². The standard InChI is InChI=1S/C24H34FN5O3/c1-17(26)24(31)30-12-10-29(11-13-30)9-4-14-32-19-7-8-20(21(25)16-19)23-27-22(33-28-23)15-18-5-2-3-6-18/h7-8,16-18H,2-6,9-15,26H2,1H3/t17-/m1/s1. The van der Waals surface area contributed by atoms with Gasteiger partial charge in [-0.15, -0.1) is 0 Å². The van der Waals surface area contributed by atoms with Crippen LogP contribution >= 0.6 is 0 Å². The topological polar surface area (TPSA) is 97.7 Å². The molecule has 9 heteroatoms. The fourth-order valence-corrected chi connectivity index (χ4v) is 4.63. The molecule has 1 saturated carbocycles. The van der Waals surface area contributed by atoms with Crippen molar-refractivity contribution in [1.82, 2.24) is 19.9 Å². The van der Waals surface area contributed by atoms with Crippen LogP contribution in [0, 0.1) is 11.7 Å². The summed E-state index contributed by atoms with van der Waals surface area (Å²) in [6.07, 6.45) is 6.50. The number of nitrogens with zero attached hydrogens (tertiary/aromatic N) is 4. The minimum absolute atomic E-state index is 0.00862. The number of nitrogens with two attached hydrogens (primary N) is 1. The van der Waals surface area contributed by atoms with Crippen LogP contribution in [0.15, 0.2) is 22.7 Å². The number of amides is 1. The zero-order valence-corrected chi connectivity index (χ0v) is 19.3. The smallest absolute Gasteiger partial charge is 0.239 e. The van der Waals surface area contributed by atoms with Crippen LogP contribution in [0.1, 0.15) is 44.9 Å². The van der Waals surface area contributed by atoms with Crippen LogP contribution in [0.5, 0.6) is 5.75 Å². The van der Waals surface area contributed by atoms with Gasteiger partial charge in [0.05, 0.1) is 18.2 Å². The van der Waals surface area contributed by atoms with Crippen LogP contribution in [-0.4, -0.2) is 71.2 Å². The van der Waals surface area contributed by atoms with E-state index >= 15 is 0 Å². The molecule has 2 N–H and O–H groups in total. The molecule has 1 aliphatic heterocycles. The lowest BCUT2D eigenvalue weighted by molar-refractivity contribution is -0.133. The summed E-state index contributed by atoms with van der Waals surface area (Å²) in [5.41, 5.74) is 6.00. The highest BCUT2D eigenvalue weighted by molar-refractivity contribution is 5.81. The van der Waals surface area contributed by atoms with Crippen molar-refractivity contribution in [1.29, 1.82) is 0 Å². The largest absolute Gasteiger partial charge is 0.493 e. The lowest BCUT2D eigenvalue weighted by Gasteiger charge is -2.35. The van der Waals surface area contributed by atoms with Gasteiger partial charge in [0.25, 0.3) is 0 Å². The molecule has 0 bridgehead atoms. The Kier molecular flexibility index (Phi) is 7.93. The van der Waals surface area contributed by atoms with Crippen LogP contribution < -0.4 is 10.5 Å². The first-order valence-electron chi connectivity index (χ1n) is 12.0. The summed E-state index contributed by atoms with van der Waals surface area (Å²) in [5, 5.41) is 3.97. The van der Waals surface area contributed by atoms with E-state index < -0.39 is 11.9 Å². The Balaban J connectivity index is 1.20. The van der Waals surface area contributed by atoms with E-state index in [2.05, 4.69) is 15.0 Å². The van der Waals surface area contributed by atoms with Gasteiger partial charge in [-0.25, -0.2) is 4.39 Å². The maximum Gasteiger partial charge on any atom is 0.239 e. The van der Waals surface area contributed by atoms with Crippen LogP contribution in [0.25, 0.3) is 11.4 Å². The highest BCUT2D eigenvalue weighted by Gasteiger charge is 2.23. The van der Waals surface area contributed by atoms with Crippen LogP contribution in [0.2, 0.25) is 0 Å². The van der Waals surface area contributed by atoms with Gasteiger partial charge in [-0.2, -0.15) is 4.98 Å². The van der Waals surface area contributed by atoms with Gasteiger partial charge in [0.1, 0.15) is 11.6 Å². The summed E-state index contributed by atoms with van der Waals surface area (Å²) in [7, 11) is 0. The molecular weight excluding hydrogens is 425 g/mol. The second-order valence-electron chi connectivity index (χ2n) is 9.17. The molecule has 1 aromatic carbocycles. The molecule has 2 aliphatic rings. The Bertz CT molecular complexity index is 921. The van der Waals surface area contributed by atoms with Gasteiger partial charge in [0.15, 0.2) is 0 Å². The maximum atomic E-state index is 14.7. The number of aromatic nitrogens is 2. The van der Waals surface area contributed by atoms with E-state index in [1.807, 2.05) is 4.90 Å². The molecule has 1 amide bonds. The van der Waals surface area contributed by atoms with Crippen LogP contribution in [-0.2, 0) is 11.2 Å². The predicted octanol–water partition coefficient (Wildman–Crippen LogP) is 2.87. The van der Waals surface area contributed by atoms with Crippen LogP contribution in [0.4, 0.5) is 4.39 Å². The number of halogens is 1. The number of hydrogen-bond acceptors (Lipinski definition) is 7. The fourth-order valence-electron chi connectivity index (χ4n) is 4.63. The Morgan fingerprint density at radius 3 is 2.73 bits per heavy atom. The van der Waals surface area contributed by atoms with E-state index in [9.17, 15) is 9.18 Å². The third kappa shape index (κ3) is 6.29. The second kappa shape index (κ2) is 11.1. The lowest BCUT2D eigenvalue weighted by atomic mass is 10.0. The average molecular weight is 460 g/mol. The number of hydrogen-bond donors (Lipinski definition) is 1. The van der Waals surface area contributed by atoms with Crippen molar-refractivity contribution in [2.24, 2.45) is 11.7 Å². The van der Waals surface area contributed by atoms with Crippen molar-refractivity contribution >= 4 is 5.91 Å². The number of carbonyl (C=O) groups excluding carboxylic acids is 1. The molecule has 1 aliphatic carbocycles. The zero-order chi connectivity index (χ0) is 23.2. The van der Waals surface area contributed by atoms with Crippen molar-refractivity contribution in [2.75, 3.05) is 39.3 Å². The number of rotatable bonds is 9. The Morgan fingerprint density at radius 1 is 1.27 bits per heavy atom. The van der Waals surface area contributed by atoms with Crippen molar-refractivity contribution in [3.8, 4) is 17.1 Å². The fraction of sp³-hybridized carbons (Fsp3) is 0.625. The first kappa shape index (κ1) is 23.6. The van der Waals surface area contributed by atoms with Crippen molar-refractivity contribution in [2.45, 2.75) is 51.5 Å². The van der Waals surface area contributed by atoms with Gasteiger partial charge in [0.2, 0.25) is 17.6 Å². The predicted molar refractivity (Wildman–Crippen MR) is 122 cm³/mol. The van der Waals surface area contributed by atoms with E-state index in [4.69, 9.17) is 15.0 Å². The first-order valence-corrected chi connectivity index (χ1v) is 12.0. The maximum absolute atomic E-state index is 14.7. The number of ether oxygens (including phenoxy) is 1. The molecule has 2 aromatic rings. The number of benzene rings is 1. The highest BCUT2D eigenvalue weighted by atomic mass is 19.1. The summed E-state index contributed by atoms with van der Waals surface area (Å²) < 4.78 is 25.7. The van der Waals surface area contributed by atoms with E-state index in [1.165, 1.54) is 31.7 Å². The van der Waals surface area contributed by atoms with Gasteiger partial charge in [0, 0.05) is 45.2 Å². The molecule has 180 valence electrons. The quantitative estimate of drug-likeness (QED) is 0.576. The molecule has 1 aromatic heterocycles. The highest BCUT2D eigenvalue weighted by Crippen LogP contribution is 2.29. The van der Waals surface area contributed by atoms with E-state index in [0.717, 1.165) is 32.5 Å². The number of carbonyl (C=O) groups is 1. The third-order valence-corrected chi connectivity index (χ3v) is 6.55. The average Bonchev–Trinajstić information content (AvgIpc) is 3.49. The molecule has 8 nitrogen and oxygen atoms in total. The molecule has 2 heterocycles. The molecule has 0 radical (unpaired) electrons. The molecule has 0 spiro atoms. The lowest BCUT2D eigenvalue weighted by Crippen LogP contribution is -2.52. The summed E-state index contributed by atoms with van der Waals surface area (Å²) in [6.45, 7) is 6.14. The third-order valence-electron chi connectivity index (χ3n) is 6.55. The van der Waals surface area contributed by atoms with Crippen molar-refractivity contribution in [3.05, 3.63) is 29.9 Å². The van der Waals surface area contributed by atoms with E-state index in [-0.39, 0.29) is 11.7 Å².